The van der Waals surface area contributed by atoms with Crippen molar-refractivity contribution in [2.75, 3.05) is 0 Å². The molecule has 2 aromatic heterocycles. The third kappa shape index (κ3) is 2.28. The van der Waals surface area contributed by atoms with Crippen molar-refractivity contribution in [3.8, 4) is 11.3 Å². The Morgan fingerprint density at radius 1 is 1.23 bits per heavy atom. The molecule has 0 fully saturated rings. The zero-order valence-corrected chi connectivity index (χ0v) is 10.9. The molecule has 0 amide bonds. The van der Waals surface area contributed by atoms with Gasteiger partial charge in [-0.05, 0) is 18.2 Å². The van der Waals surface area contributed by atoms with Gasteiger partial charge in [-0.15, -0.1) is 0 Å². The minimum absolute atomic E-state index is 0.104. The van der Waals surface area contributed by atoms with Crippen LogP contribution in [-0.2, 0) is 6.18 Å². The van der Waals surface area contributed by atoms with Crippen LogP contribution in [0.1, 0.15) is 16.1 Å². The predicted molar refractivity (Wildman–Crippen MR) is 70.4 cm³/mol. The zero-order valence-electron chi connectivity index (χ0n) is 10.9. The zero-order chi connectivity index (χ0) is 15.9. The highest BCUT2D eigenvalue weighted by Crippen LogP contribution is 2.37. The topological polar surface area (TPSA) is 67.5 Å². The number of imidazole rings is 1. The first-order valence-electron chi connectivity index (χ1n) is 6.12. The van der Waals surface area contributed by atoms with Crippen LogP contribution in [0.2, 0.25) is 0 Å². The number of rotatable bonds is 2. The lowest BCUT2D eigenvalue weighted by atomic mass is 10.1. The molecular weight excluding hydrogens is 299 g/mol. The van der Waals surface area contributed by atoms with Gasteiger partial charge in [-0.3, -0.25) is 4.40 Å². The molecule has 0 bridgehead atoms. The van der Waals surface area contributed by atoms with Crippen LogP contribution in [0.15, 0.2) is 42.7 Å². The molecule has 8 heteroatoms. The average molecular weight is 307 g/mol. The Morgan fingerprint density at radius 2 is 2.00 bits per heavy atom. The maximum absolute atomic E-state index is 13.2. The molecule has 5 nitrogen and oxygen atoms in total. The molecule has 0 aliphatic heterocycles. The van der Waals surface area contributed by atoms with Crippen molar-refractivity contribution in [3.05, 3.63) is 54.0 Å². The summed E-state index contributed by atoms with van der Waals surface area (Å²) in [5.74, 6) is -1.33. The predicted octanol–water partition coefficient (Wildman–Crippen LogP) is 3.11. The number of carbonyl (C=O) groups is 1. The number of aromatic nitrogens is 3. The molecule has 2 heterocycles. The summed E-state index contributed by atoms with van der Waals surface area (Å²) in [6.45, 7) is 0. The van der Waals surface area contributed by atoms with Gasteiger partial charge in [-0.25, -0.2) is 14.8 Å². The first-order chi connectivity index (χ1) is 10.4. The minimum Gasteiger partial charge on any atom is -0.478 e. The number of alkyl halides is 3. The van der Waals surface area contributed by atoms with Crippen molar-refractivity contribution in [1.82, 2.24) is 14.4 Å². The highest BCUT2D eigenvalue weighted by Gasteiger charge is 2.38. The molecule has 0 saturated carbocycles. The fourth-order valence-corrected chi connectivity index (χ4v) is 2.16. The molecule has 0 aliphatic carbocycles. The van der Waals surface area contributed by atoms with Crippen LogP contribution in [0, 0.1) is 0 Å². The lowest BCUT2D eigenvalue weighted by Gasteiger charge is -2.08. The van der Waals surface area contributed by atoms with Gasteiger partial charge in [-0.1, -0.05) is 12.1 Å². The summed E-state index contributed by atoms with van der Waals surface area (Å²) < 4.78 is 40.8. The van der Waals surface area contributed by atoms with E-state index in [-0.39, 0.29) is 22.6 Å². The van der Waals surface area contributed by atoms with E-state index in [1.165, 1.54) is 47.1 Å². The number of carboxylic acid groups (broad SMARTS) is 1. The second-order valence-corrected chi connectivity index (χ2v) is 4.48. The van der Waals surface area contributed by atoms with Crippen LogP contribution in [0.4, 0.5) is 13.2 Å². The average Bonchev–Trinajstić information content (AvgIpc) is 2.87. The van der Waals surface area contributed by atoms with Crippen molar-refractivity contribution in [3.63, 3.8) is 0 Å². The Morgan fingerprint density at radius 3 is 2.68 bits per heavy atom. The molecule has 0 saturated heterocycles. The standard InChI is InChI=1S/C14H8F3N3O2/c15-14(16,17)11-10(20-6-2-5-18-13(20)19-11)8-3-1-4-9(7-8)12(21)22/h1-7H,(H,21,22). The van der Waals surface area contributed by atoms with Crippen molar-refractivity contribution in [2.45, 2.75) is 6.18 Å². The molecule has 1 aromatic carbocycles. The number of hydrogen-bond donors (Lipinski definition) is 1. The second-order valence-electron chi connectivity index (χ2n) is 4.48. The summed E-state index contributed by atoms with van der Waals surface area (Å²) in [7, 11) is 0. The van der Waals surface area contributed by atoms with Crippen LogP contribution in [-0.4, -0.2) is 25.4 Å². The van der Waals surface area contributed by atoms with Crippen LogP contribution < -0.4 is 0 Å². The lowest BCUT2D eigenvalue weighted by molar-refractivity contribution is -0.140. The first-order valence-corrected chi connectivity index (χ1v) is 6.12. The summed E-state index contributed by atoms with van der Waals surface area (Å²) in [5.41, 5.74) is -1.34. The van der Waals surface area contributed by atoms with Crippen LogP contribution >= 0.6 is 0 Å². The number of fused-ring (bicyclic) bond motifs is 1. The highest BCUT2D eigenvalue weighted by molar-refractivity contribution is 5.89. The van der Waals surface area contributed by atoms with E-state index < -0.39 is 17.8 Å². The van der Waals surface area contributed by atoms with Gasteiger partial charge in [0.15, 0.2) is 5.69 Å². The van der Waals surface area contributed by atoms with E-state index in [0.717, 1.165) is 0 Å². The second kappa shape index (κ2) is 4.83. The van der Waals surface area contributed by atoms with Gasteiger partial charge in [0, 0.05) is 18.0 Å². The van der Waals surface area contributed by atoms with Gasteiger partial charge in [0.1, 0.15) is 0 Å². The van der Waals surface area contributed by atoms with Gasteiger partial charge < -0.3 is 5.11 Å². The molecular formula is C14H8F3N3O2. The van der Waals surface area contributed by atoms with Crippen molar-refractivity contribution >= 4 is 11.7 Å². The molecule has 112 valence electrons. The number of hydrogen-bond acceptors (Lipinski definition) is 3. The largest absolute Gasteiger partial charge is 0.478 e. The van der Waals surface area contributed by atoms with Gasteiger partial charge >= 0.3 is 12.1 Å². The van der Waals surface area contributed by atoms with E-state index in [1.807, 2.05) is 0 Å². The highest BCUT2D eigenvalue weighted by atomic mass is 19.4. The van der Waals surface area contributed by atoms with E-state index >= 15 is 0 Å². The third-order valence-electron chi connectivity index (χ3n) is 3.06. The maximum Gasteiger partial charge on any atom is 0.435 e. The van der Waals surface area contributed by atoms with Gasteiger partial charge in [0.05, 0.1) is 11.3 Å². The Labute approximate surface area is 121 Å². The fourth-order valence-electron chi connectivity index (χ4n) is 2.16. The van der Waals surface area contributed by atoms with Gasteiger partial charge in [0.25, 0.3) is 0 Å². The fraction of sp³-hybridized carbons (Fsp3) is 0.0714. The SMILES string of the molecule is O=C(O)c1cccc(-c2c(C(F)(F)F)nc3ncccn23)c1. The Bertz CT molecular complexity index is 871. The molecule has 0 unspecified atom stereocenters. The van der Waals surface area contributed by atoms with E-state index in [4.69, 9.17) is 5.11 Å². The molecule has 3 rings (SSSR count). The van der Waals surface area contributed by atoms with Crippen LogP contribution in [0.25, 0.3) is 17.0 Å². The van der Waals surface area contributed by atoms with Crippen molar-refractivity contribution in [1.29, 1.82) is 0 Å². The lowest BCUT2D eigenvalue weighted by Crippen LogP contribution is -2.08. The van der Waals surface area contributed by atoms with E-state index in [1.54, 1.807) is 0 Å². The Hall–Kier alpha value is -2.90. The summed E-state index contributed by atoms with van der Waals surface area (Å²) in [4.78, 5) is 18.3. The Balaban J connectivity index is 2.34. The number of carboxylic acids is 1. The van der Waals surface area contributed by atoms with E-state index in [9.17, 15) is 18.0 Å². The molecule has 0 aliphatic rings. The van der Waals surface area contributed by atoms with Crippen molar-refractivity contribution < 1.29 is 23.1 Å². The van der Waals surface area contributed by atoms with Crippen molar-refractivity contribution in [2.24, 2.45) is 0 Å². The number of aromatic carboxylic acids is 1. The maximum atomic E-state index is 13.2. The summed E-state index contributed by atoms with van der Waals surface area (Å²) >= 11 is 0. The monoisotopic (exact) mass is 307 g/mol. The van der Waals surface area contributed by atoms with Crippen LogP contribution in [0.3, 0.4) is 0 Å². The number of benzene rings is 1. The van der Waals surface area contributed by atoms with Gasteiger partial charge in [-0.2, -0.15) is 13.2 Å². The molecule has 0 atom stereocenters. The molecule has 1 N–H and O–H groups in total. The number of halogens is 3. The summed E-state index contributed by atoms with van der Waals surface area (Å²) in [6, 6.07) is 6.74. The smallest absolute Gasteiger partial charge is 0.435 e. The summed E-state index contributed by atoms with van der Waals surface area (Å²) in [5, 5.41) is 8.99. The molecule has 3 aromatic rings. The van der Waals surface area contributed by atoms with E-state index in [2.05, 4.69) is 9.97 Å². The minimum atomic E-state index is -4.68. The van der Waals surface area contributed by atoms with E-state index in [0.29, 0.717) is 0 Å². The third-order valence-corrected chi connectivity index (χ3v) is 3.06. The Kier molecular flexibility index (Phi) is 3.09. The molecule has 0 spiro atoms. The van der Waals surface area contributed by atoms with Crippen LogP contribution in [0.5, 0.6) is 0 Å². The number of nitrogens with zero attached hydrogens (tertiary/aromatic N) is 3. The normalized spacial score (nSPS) is 11.8. The first kappa shape index (κ1) is 14.1. The molecule has 22 heavy (non-hydrogen) atoms. The molecule has 0 radical (unpaired) electrons. The quantitative estimate of drug-likeness (QED) is 0.790. The van der Waals surface area contributed by atoms with Gasteiger partial charge in [0.2, 0.25) is 5.78 Å². The summed E-state index contributed by atoms with van der Waals surface area (Å²) in [6.07, 6.45) is -1.95.